The number of aromatic nitrogens is 2. The Morgan fingerprint density at radius 3 is 2.50 bits per heavy atom. The smallest absolute Gasteiger partial charge is 0.264 e. The molecule has 0 aliphatic carbocycles. The molecule has 1 aliphatic rings. The third-order valence-electron chi connectivity index (χ3n) is 5.38. The van der Waals surface area contributed by atoms with Crippen LogP contribution in [0.2, 0.25) is 0 Å². The van der Waals surface area contributed by atoms with Crippen LogP contribution in [-0.2, 0) is 0 Å². The van der Waals surface area contributed by atoms with Crippen molar-refractivity contribution >= 4 is 34.1 Å². The van der Waals surface area contributed by atoms with Crippen LogP contribution < -0.4 is 4.90 Å². The summed E-state index contributed by atoms with van der Waals surface area (Å²) in [5, 5.41) is 1.97. The zero-order valence-electron chi connectivity index (χ0n) is 16.5. The number of anilines is 1. The standard InChI is InChI=1S/C22H26N4OS/c1-3-12-26(22(27)20-9-6-15-28-20)17-10-13-25(14-11-17)21-16(2)23-18-7-4-5-8-19(18)24-21/h4-9,15,17H,3,10-14H2,1-2H3. The lowest BCUT2D eigenvalue weighted by molar-refractivity contribution is 0.0655. The van der Waals surface area contributed by atoms with Crippen LogP contribution in [0.15, 0.2) is 41.8 Å². The molecule has 1 fully saturated rings. The Kier molecular flexibility index (Phi) is 5.57. The Labute approximate surface area is 170 Å². The van der Waals surface area contributed by atoms with Crippen molar-refractivity contribution in [2.75, 3.05) is 24.5 Å². The number of fused-ring (bicyclic) bond motifs is 1. The molecule has 5 nitrogen and oxygen atoms in total. The maximum Gasteiger partial charge on any atom is 0.264 e. The van der Waals surface area contributed by atoms with E-state index in [2.05, 4.69) is 16.7 Å². The molecule has 4 rings (SSSR count). The number of benzene rings is 1. The number of para-hydroxylation sites is 2. The second-order valence-electron chi connectivity index (χ2n) is 7.32. The van der Waals surface area contributed by atoms with Gasteiger partial charge in [-0.2, -0.15) is 0 Å². The van der Waals surface area contributed by atoms with Crippen LogP contribution in [-0.4, -0.2) is 46.5 Å². The number of nitrogens with zero attached hydrogens (tertiary/aromatic N) is 4. The number of aryl methyl sites for hydroxylation is 1. The molecule has 146 valence electrons. The number of carbonyl (C=O) groups is 1. The highest BCUT2D eigenvalue weighted by Crippen LogP contribution is 2.26. The van der Waals surface area contributed by atoms with E-state index in [9.17, 15) is 4.79 Å². The Bertz CT molecular complexity index is 948. The lowest BCUT2D eigenvalue weighted by atomic mass is 10.0. The van der Waals surface area contributed by atoms with Gasteiger partial charge >= 0.3 is 0 Å². The molecule has 1 aliphatic heterocycles. The molecule has 1 amide bonds. The van der Waals surface area contributed by atoms with E-state index in [4.69, 9.17) is 9.97 Å². The SMILES string of the molecule is CCCN(C(=O)c1cccs1)C1CCN(c2nc3ccccc3nc2C)CC1. The Morgan fingerprint density at radius 1 is 1.14 bits per heavy atom. The minimum atomic E-state index is 0.178. The molecule has 1 saturated heterocycles. The minimum absolute atomic E-state index is 0.178. The summed E-state index contributed by atoms with van der Waals surface area (Å²) >= 11 is 1.53. The van der Waals surface area contributed by atoms with Crippen LogP contribution in [0.1, 0.15) is 41.6 Å². The number of hydrogen-bond acceptors (Lipinski definition) is 5. The van der Waals surface area contributed by atoms with Crippen molar-refractivity contribution in [3.8, 4) is 0 Å². The molecule has 3 heterocycles. The number of thiophene rings is 1. The van der Waals surface area contributed by atoms with E-state index >= 15 is 0 Å². The van der Waals surface area contributed by atoms with Crippen molar-refractivity contribution in [3.05, 3.63) is 52.3 Å². The number of piperidine rings is 1. The zero-order chi connectivity index (χ0) is 19.5. The molecule has 0 radical (unpaired) electrons. The summed E-state index contributed by atoms with van der Waals surface area (Å²) in [6.07, 6.45) is 2.91. The third-order valence-corrected chi connectivity index (χ3v) is 6.24. The van der Waals surface area contributed by atoms with Crippen LogP contribution in [0.25, 0.3) is 11.0 Å². The van der Waals surface area contributed by atoms with Gasteiger partial charge in [-0.3, -0.25) is 4.79 Å². The molecular weight excluding hydrogens is 368 g/mol. The molecule has 0 saturated carbocycles. The second kappa shape index (κ2) is 8.27. The molecule has 2 aromatic heterocycles. The van der Waals surface area contributed by atoms with Crippen LogP contribution in [0.4, 0.5) is 5.82 Å². The van der Waals surface area contributed by atoms with Crippen molar-refractivity contribution in [3.63, 3.8) is 0 Å². The summed E-state index contributed by atoms with van der Waals surface area (Å²) in [5.41, 5.74) is 2.84. The quantitative estimate of drug-likeness (QED) is 0.638. The highest BCUT2D eigenvalue weighted by molar-refractivity contribution is 7.12. The first-order chi connectivity index (χ1) is 13.7. The van der Waals surface area contributed by atoms with E-state index in [1.165, 1.54) is 11.3 Å². The number of amides is 1. The number of carbonyl (C=O) groups excluding carboxylic acids is 1. The molecule has 0 N–H and O–H groups in total. The first kappa shape index (κ1) is 18.9. The minimum Gasteiger partial charge on any atom is -0.355 e. The van der Waals surface area contributed by atoms with Crippen LogP contribution in [0.3, 0.4) is 0 Å². The topological polar surface area (TPSA) is 49.3 Å². The van der Waals surface area contributed by atoms with Crippen LogP contribution in [0.5, 0.6) is 0 Å². The van der Waals surface area contributed by atoms with Gasteiger partial charge in [0, 0.05) is 25.7 Å². The summed E-state index contributed by atoms with van der Waals surface area (Å²) in [5.74, 6) is 1.15. The van der Waals surface area contributed by atoms with E-state index in [1.54, 1.807) is 0 Å². The molecule has 1 aromatic carbocycles. The summed E-state index contributed by atoms with van der Waals surface area (Å²) in [7, 11) is 0. The van der Waals surface area contributed by atoms with Gasteiger partial charge in [0.25, 0.3) is 5.91 Å². The Hall–Kier alpha value is -2.47. The molecule has 3 aromatic rings. The largest absolute Gasteiger partial charge is 0.355 e. The molecule has 0 spiro atoms. The molecule has 28 heavy (non-hydrogen) atoms. The summed E-state index contributed by atoms with van der Waals surface area (Å²) < 4.78 is 0. The van der Waals surface area contributed by atoms with Gasteiger partial charge in [0.1, 0.15) is 0 Å². The van der Waals surface area contributed by atoms with Gasteiger partial charge in [-0.15, -0.1) is 11.3 Å². The average molecular weight is 395 g/mol. The fraction of sp³-hybridized carbons (Fsp3) is 0.409. The van der Waals surface area contributed by atoms with E-state index in [-0.39, 0.29) is 5.91 Å². The van der Waals surface area contributed by atoms with Crippen molar-refractivity contribution in [1.82, 2.24) is 14.9 Å². The summed E-state index contributed by atoms with van der Waals surface area (Å²) in [6.45, 7) is 6.78. The molecule has 0 atom stereocenters. The fourth-order valence-corrected chi connectivity index (χ4v) is 4.68. The van der Waals surface area contributed by atoms with E-state index in [0.717, 1.165) is 66.3 Å². The molecule has 0 unspecified atom stereocenters. The lowest BCUT2D eigenvalue weighted by Crippen LogP contribution is -2.48. The van der Waals surface area contributed by atoms with E-state index in [1.807, 2.05) is 48.7 Å². The van der Waals surface area contributed by atoms with Crippen LogP contribution >= 0.6 is 11.3 Å². The third kappa shape index (κ3) is 3.74. The predicted molar refractivity (Wildman–Crippen MR) is 115 cm³/mol. The summed E-state index contributed by atoms with van der Waals surface area (Å²) in [6, 6.07) is 12.2. The normalized spacial score (nSPS) is 15.1. The van der Waals surface area contributed by atoms with Gasteiger partial charge in [-0.1, -0.05) is 25.1 Å². The highest BCUT2D eigenvalue weighted by atomic mass is 32.1. The Morgan fingerprint density at radius 2 is 1.86 bits per heavy atom. The first-order valence-corrected chi connectivity index (χ1v) is 10.9. The first-order valence-electron chi connectivity index (χ1n) is 10.00. The number of rotatable bonds is 5. The van der Waals surface area contributed by atoms with E-state index < -0.39 is 0 Å². The summed E-state index contributed by atoms with van der Waals surface area (Å²) in [4.78, 5) is 27.8. The van der Waals surface area contributed by atoms with Gasteiger partial charge in [-0.05, 0) is 49.8 Å². The molecule has 6 heteroatoms. The highest BCUT2D eigenvalue weighted by Gasteiger charge is 2.29. The number of hydrogen-bond donors (Lipinski definition) is 0. The van der Waals surface area contributed by atoms with Crippen LogP contribution in [0, 0.1) is 6.92 Å². The van der Waals surface area contributed by atoms with Gasteiger partial charge < -0.3 is 9.80 Å². The second-order valence-corrected chi connectivity index (χ2v) is 8.26. The van der Waals surface area contributed by atoms with E-state index in [0.29, 0.717) is 6.04 Å². The average Bonchev–Trinajstić information content (AvgIpc) is 3.26. The van der Waals surface area contributed by atoms with Gasteiger partial charge in [-0.25, -0.2) is 9.97 Å². The predicted octanol–water partition coefficient (Wildman–Crippen LogP) is 4.52. The zero-order valence-corrected chi connectivity index (χ0v) is 17.3. The van der Waals surface area contributed by atoms with Gasteiger partial charge in [0.15, 0.2) is 5.82 Å². The Balaban J connectivity index is 1.49. The van der Waals surface area contributed by atoms with Gasteiger partial charge in [0.2, 0.25) is 0 Å². The fourth-order valence-electron chi connectivity index (χ4n) is 4.00. The van der Waals surface area contributed by atoms with Gasteiger partial charge in [0.05, 0.1) is 21.6 Å². The van der Waals surface area contributed by atoms with Crippen molar-refractivity contribution in [2.45, 2.75) is 39.2 Å². The maximum absolute atomic E-state index is 12.9. The monoisotopic (exact) mass is 394 g/mol. The van der Waals surface area contributed by atoms with Crippen molar-refractivity contribution in [2.24, 2.45) is 0 Å². The lowest BCUT2D eigenvalue weighted by Gasteiger charge is -2.39. The maximum atomic E-state index is 12.9. The molecular formula is C22H26N4OS. The molecule has 0 bridgehead atoms. The van der Waals surface area contributed by atoms with Crippen molar-refractivity contribution in [1.29, 1.82) is 0 Å². The van der Waals surface area contributed by atoms with Crippen molar-refractivity contribution < 1.29 is 4.79 Å².